The molecule has 0 aliphatic rings. The van der Waals surface area contributed by atoms with Gasteiger partial charge in [-0.05, 0) is 45.4 Å². The number of aromatic nitrogens is 3. The van der Waals surface area contributed by atoms with Crippen LogP contribution in [0, 0.1) is 13.8 Å². The average molecular weight is 324 g/mol. The SMILES string of the molecule is CCn1c(NC(=O)c2[nH]c(C)c(C(C)=O)c2C)nc2ccccc21. The predicted octanol–water partition coefficient (Wildman–Crippen LogP) is 3.46. The second-order valence-electron chi connectivity index (χ2n) is 5.80. The molecule has 0 aliphatic heterocycles. The number of fused-ring (bicyclic) bond motifs is 1. The normalized spacial score (nSPS) is 11.0. The van der Waals surface area contributed by atoms with Gasteiger partial charge in [-0.2, -0.15) is 0 Å². The van der Waals surface area contributed by atoms with E-state index in [1.165, 1.54) is 6.92 Å². The van der Waals surface area contributed by atoms with Gasteiger partial charge in [0, 0.05) is 17.8 Å². The van der Waals surface area contributed by atoms with Crippen LogP contribution in [0.15, 0.2) is 24.3 Å². The minimum absolute atomic E-state index is 0.0545. The number of benzene rings is 1. The number of rotatable bonds is 4. The zero-order valence-corrected chi connectivity index (χ0v) is 14.2. The van der Waals surface area contributed by atoms with E-state index >= 15 is 0 Å². The molecule has 3 rings (SSSR count). The van der Waals surface area contributed by atoms with Crippen molar-refractivity contribution in [1.82, 2.24) is 14.5 Å². The summed E-state index contributed by atoms with van der Waals surface area (Å²) in [4.78, 5) is 31.9. The Morgan fingerprint density at radius 3 is 2.58 bits per heavy atom. The molecule has 0 unspecified atom stereocenters. The van der Waals surface area contributed by atoms with Crippen LogP contribution in [0.5, 0.6) is 0 Å². The average Bonchev–Trinajstić information content (AvgIpc) is 3.03. The number of imidazole rings is 1. The number of amides is 1. The molecule has 0 fully saturated rings. The summed E-state index contributed by atoms with van der Waals surface area (Å²) in [5, 5.41) is 2.86. The molecule has 0 aliphatic carbocycles. The lowest BCUT2D eigenvalue weighted by molar-refractivity contribution is 0.101. The van der Waals surface area contributed by atoms with Gasteiger partial charge in [0.25, 0.3) is 5.91 Å². The summed E-state index contributed by atoms with van der Waals surface area (Å²) >= 11 is 0. The number of H-pyrrole nitrogens is 1. The van der Waals surface area contributed by atoms with Crippen molar-refractivity contribution in [2.75, 3.05) is 5.32 Å². The second kappa shape index (κ2) is 5.96. The van der Waals surface area contributed by atoms with Crippen LogP contribution in [0.25, 0.3) is 11.0 Å². The van der Waals surface area contributed by atoms with Crippen molar-refractivity contribution in [3.05, 3.63) is 46.8 Å². The molecule has 24 heavy (non-hydrogen) atoms. The van der Waals surface area contributed by atoms with Crippen LogP contribution in [0.3, 0.4) is 0 Å². The maximum absolute atomic E-state index is 12.7. The highest BCUT2D eigenvalue weighted by molar-refractivity contribution is 6.07. The Morgan fingerprint density at radius 2 is 1.96 bits per heavy atom. The van der Waals surface area contributed by atoms with Crippen LogP contribution < -0.4 is 5.32 Å². The summed E-state index contributed by atoms with van der Waals surface area (Å²) in [6, 6.07) is 7.74. The lowest BCUT2D eigenvalue weighted by atomic mass is 10.1. The zero-order chi connectivity index (χ0) is 17.4. The monoisotopic (exact) mass is 324 g/mol. The van der Waals surface area contributed by atoms with Crippen molar-refractivity contribution in [2.45, 2.75) is 34.2 Å². The summed E-state index contributed by atoms with van der Waals surface area (Å²) in [5.74, 6) is 0.147. The van der Waals surface area contributed by atoms with Crippen molar-refractivity contribution in [2.24, 2.45) is 0 Å². The van der Waals surface area contributed by atoms with E-state index in [1.54, 1.807) is 13.8 Å². The number of anilines is 1. The number of nitrogens with one attached hydrogen (secondary N) is 2. The number of hydrogen-bond acceptors (Lipinski definition) is 3. The molecule has 2 N–H and O–H groups in total. The van der Waals surface area contributed by atoms with Gasteiger partial charge in [-0.3, -0.25) is 14.9 Å². The van der Waals surface area contributed by atoms with E-state index in [4.69, 9.17) is 0 Å². The Kier molecular flexibility index (Phi) is 3.97. The van der Waals surface area contributed by atoms with Gasteiger partial charge in [0.2, 0.25) is 5.95 Å². The van der Waals surface area contributed by atoms with Crippen LogP contribution in [0.1, 0.15) is 46.0 Å². The first kappa shape index (κ1) is 16.0. The summed E-state index contributed by atoms with van der Waals surface area (Å²) in [7, 11) is 0. The molecule has 0 spiro atoms. The third-order valence-electron chi connectivity index (χ3n) is 4.21. The van der Waals surface area contributed by atoms with E-state index in [1.807, 2.05) is 35.8 Å². The summed E-state index contributed by atoms with van der Waals surface area (Å²) in [6.45, 7) is 7.76. The third-order valence-corrected chi connectivity index (χ3v) is 4.21. The highest BCUT2D eigenvalue weighted by atomic mass is 16.2. The number of ketones is 1. The Bertz CT molecular complexity index is 949. The first-order valence-corrected chi connectivity index (χ1v) is 7.90. The summed E-state index contributed by atoms with van der Waals surface area (Å²) in [6.07, 6.45) is 0. The molecular formula is C18H20N4O2. The maximum Gasteiger partial charge on any atom is 0.274 e. The molecule has 0 saturated heterocycles. The summed E-state index contributed by atoms with van der Waals surface area (Å²) in [5.41, 5.74) is 4.14. The molecule has 0 atom stereocenters. The van der Waals surface area contributed by atoms with Crippen LogP contribution in [-0.2, 0) is 6.54 Å². The van der Waals surface area contributed by atoms with Gasteiger partial charge in [0.1, 0.15) is 5.69 Å². The highest BCUT2D eigenvalue weighted by Crippen LogP contribution is 2.22. The molecule has 124 valence electrons. The smallest absolute Gasteiger partial charge is 0.274 e. The zero-order valence-electron chi connectivity index (χ0n) is 14.2. The molecule has 6 heteroatoms. The van der Waals surface area contributed by atoms with Gasteiger partial charge in [-0.25, -0.2) is 4.98 Å². The predicted molar refractivity (Wildman–Crippen MR) is 93.6 cm³/mol. The number of carbonyl (C=O) groups is 2. The Hall–Kier alpha value is -2.89. The van der Waals surface area contributed by atoms with E-state index in [9.17, 15) is 9.59 Å². The van der Waals surface area contributed by atoms with Gasteiger partial charge < -0.3 is 9.55 Å². The fourth-order valence-electron chi connectivity index (χ4n) is 3.16. The van der Waals surface area contributed by atoms with E-state index in [0.29, 0.717) is 35.0 Å². The summed E-state index contributed by atoms with van der Waals surface area (Å²) < 4.78 is 1.95. The molecular weight excluding hydrogens is 304 g/mol. The molecule has 3 aromatic rings. The van der Waals surface area contributed by atoms with E-state index in [0.717, 1.165) is 11.0 Å². The van der Waals surface area contributed by atoms with E-state index in [-0.39, 0.29) is 11.7 Å². The van der Waals surface area contributed by atoms with Gasteiger partial charge in [-0.1, -0.05) is 12.1 Å². The fourth-order valence-corrected chi connectivity index (χ4v) is 3.16. The van der Waals surface area contributed by atoms with E-state index in [2.05, 4.69) is 15.3 Å². The number of aromatic amines is 1. The van der Waals surface area contributed by atoms with Crippen molar-refractivity contribution in [3.8, 4) is 0 Å². The first-order chi connectivity index (χ1) is 11.4. The lowest BCUT2D eigenvalue weighted by Gasteiger charge is -2.07. The highest BCUT2D eigenvalue weighted by Gasteiger charge is 2.21. The van der Waals surface area contributed by atoms with Gasteiger partial charge in [0.05, 0.1) is 11.0 Å². The molecule has 0 bridgehead atoms. The van der Waals surface area contributed by atoms with Crippen molar-refractivity contribution >= 4 is 28.7 Å². The number of aryl methyl sites for hydroxylation is 2. The molecule has 6 nitrogen and oxygen atoms in total. The molecule has 0 radical (unpaired) electrons. The number of nitrogens with zero attached hydrogens (tertiary/aromatic N) is 2. The Balaban J connectivity index is 1.99. The van der Waals surface area contributed by atoms with Gasteiger partial charge in [0.15, 0.2) is 5.78 Å². The van der Waals surface area contributed by atoms with Crippen molar-refractivity contribution in [1.29, 1.82) is 0 Å². The van der Waals surface area contributed by atoms with E-state index < -0.39 is 0 Å². The second-order valence-corrected chi connectivity index (χ2v) is 5.80. The fraction of sp³-hybridized carbons (Fsp3) is 0.278. The van der Waals surface area contributed by atoms with Crippen LogP contribution in [0.4, 0.5) is 5.95 Å². The Labute approximate surface area is 139 Å². The number of para-hydroxylation sites is 2. The molecule has 2 heterocycles. The quantitative estimate of drug-likeness (QED) is 0.721. The molecule has 0 saturated carbocycles. The number of hydrogen-bond donors (Lipinski definition) is 2. The molecule has 1 aromatic carbocycles. The molecule has 2 aromatic heterocycles. The van der Waals surface area contributed by atoms with Crippen LogP contribution >= 0.6 is 0 Å². The number of Topliss-reactive ketones (excluding diaryl/α,β-unsaturated/α-hetero) is 1. The minimum atomic E-state index is -0.298. The first-order valence-electron chi connectivity index (χ1n) is 7.90. The van der Waals surface area contributed by atoms with Crippen LogP contribution in [-0.4, -0.2) is 26.2 Å². The largest absolute Gasteiger partial charge is 0.354 e. The van der Waals surface area contributed by atoms with Crippen LogP contribution in [0.2, 0.25) is 0 Å². The third kappa shape index (κ3) is 2.50. The maximum atomic E-state index is 12.7. The molecule has 1 amide bonds. The Morgan fingerprint density at radius 1 is 1.25 bits per heavy atom. The van der Waals surface area contributed by atoms with Gasteiger partial charge >= 0.3 is 0 Å². The van der Waals surface area contributed by atoms with Crippen molar-refractivity contribution < 1.29 is 9.59 Å². The topological polar surface area (TPSA) is 79.8 Å². The minimum Gasteiger partial charge on any atom is -0.354 e. The van der Waals surface area contributed by atoms with Crippen molar-refractivity contribution in [3.63, 3.8) is 0 Å². The number of carbonyl (C=O) groups excluding carboxylic acids is 2. The standard InChI is InChI=1S/C18H20N4O2/c1-5-22-14-9-7-6-8-13(14)20-18(22)21-17(24)16-10(2)15(12(4)23)11(3)19-16/h6-9,19H,5H2,1-4H3,(H,20,21,24). The van der Waals surface area contributed by atoms with Gasteiger partial charge in [-0.15, -0.1) is 0 Å². The lowest BCUT2D eigenvalue weighted by Crippen LogP contribution is -2.17.